The fourth-order valence-corrected chi connectivity index (χ4v) is 3.89. The Bertz CT molecular complexity index is 1120. The second-order valence-corrected chi connectivity index (χ2v) is 7.46. The first-order valence-corrected chi connectivity index (χ1v) is 9.79. The van der Waals surface area contributed by atoms with Crippen LogP contribution in [0.25, 0.3) is 22.5 Å². The normalized spacial score (nSPS) is 14.2. The van der Waals surface area contributed by atoms with Crippen molar-refractivity contribution >= 4 is 28.7 Å². The van der Waals surface area contributed by atoms with E-state index in [1.54, 1.807) is 26.2 Å². The van der Waals surface area contributed by atoms with Gasteiger partial charge in [-0.15, -0.1) is 0 Å². The van der Waals surface area contributed by atoms with Crippen molar-refractivity contribution in [3.8, 4) is 17.0 Å². The first kappa shape index (κ1) is 19.5. The van der Waals surface area contributed by atoms with Crippen LogP contribution in [0.5, 0.6) is 5.75 Å². The number of benzene rings is 1. The number of nitrogens with zero attached hydrogens (tertiary/aromatic N) is 3. The second-order valence-electron chi connectivity index (χ2n) is 7.05. The molecule has 0 radical (unpaired) electrons. The highest BCUT2D eigenvalue weighted by atomic mass is 35.5. The van der Waals surface area contributed by atoms with Crippen LogP contribution in [0, 0.1) is 0 Å². The number of pyridine rings is 1. The topological polar surface area (TPSA) is 67.1 Å². The van der Waals surface area contributed by atoms with Crippen LogP contribution < -0.4 is 4.74 Å². The molecule has 1 amide bonds. The molecule has 0 bridgehead atoms. The molecule has 3 aromatic rings. The minimum absolute atomic E-state index is 0.103. The molecule has 0 saturated carbocycles. The van der Waals surface area contributed by atoms with Crippen LogP contribution in [-0.4, -0.2) is 45.5 Å². The van der Waals surface area contributed by atoms with Gasteiger partial charge in [0.25, 0.3) is 0 Å². The number of carbonyl (C=O) groups excluding carboxylic acids is 1. The maximum absolute atomic E-state index is 11.5. The van der Waals surface area contributed by atoms with E-state index < -0.39 is 0 Å². The summed E-state index contributed by atoms with van der Waals surface area (Å²) >= 11 is 6.29. The first-order valence-electron chi connectivity index (χ1n) is 9.41. The highest BCUT2D eigenvalue weighted by Crippen LogP contribution is 2.34. The fourth-order valence-electron chi connectivity index (χ4n) is 3.65. The lowest BCUT2D eigenvalue weighted by Crippen LogP contribution is -2.32. The summed E-state index contributed by atoms with van der Waals surface area (Å²) in [6, 6.07) is 7.61. The van der Waals surface area contributed by atoms with Crippen molar-refractivity contribution in [2.45, 2.75) is 20.0 Å². The van der Waals surface area contributed by atoms with Crippen molar-refractivity contribution < 1.29 is 14.6 Å². The Balaban J connectivity index is 1.70. The van der Waals surface area contributed by atoms with Gasteiger partial charge in [0.15, 0.2) is 0 Å². The van der Waals surface area contributed by atoms with Crippen LogP contribution in [0.2, 0.25) is 5.02 Å². The largest absolute Gasteiger partial charge is 0.495 e. The summed E-state index contributed by atoms with van der Waals surface area (Å²) in [4.78, 5) is 18.1. The van der Waals surface area contributed by atoms with Crippen LogP contribution >= 0.6 is 11.6 Å². The number of ether oxygens (including phenoxy) is 1. The van der Waals surface area contributed by atoms with Gasteiger partial charge in [0.05, 0.1) is 24.4 Å². The number of amides is 1. The molecule has 0 fully saturated rings. The molecular formula is C22H22ClN3O3. The highest BCUT2D eigenvalue weighted by Gasteiger charge is 2.17. The van der Waals surface area contributed by atoms with Gasteiger partial charge in [-0.2, -0.15) is 0 Å². The molecule has 1 aromatic carbocycles. The van der Waals surface area contributed by atoms with Crippen LogP contribution in [0.4, 0.5) is 0 Å². The van der Waals surface area contributed by atoms with Crippen molar-refractivity contribution in [2.24, 2.45) is 0 Å². The molecule has 0 atom stereocenters. The number of aromatic nitrogens is 2. The molecule has 0 unspecified atom stereocenters. The average Bonchev–Trinajstić information content (AvgIpc) is 3.16. The molecule has 6 nitrogen and oxygen atoms in total. The number of fused-ring (bicyclic) bond motifs is 1. The number of halogens is 1. The Labute approximate surface area is 174 Å². The second kappa shape index (κ2) is 7.89. The van der Waals surface area contributed by atoms with Gasteiger partial charge in [0.2, 0.25) is 5.91 Å². The summed E-state index contributed by atoms with van der Waals surface area (Å²) < 4.78 is 7.19. The highest BCUT2D eigenvalue weighted by molar-refractivity contribution is 6.32. The fraction of sp³-hybridized carbons (Fsp3) is 0.273. The molecule has 0 spiro atoms. The Morgan fingerprint density at radius 3 is 2.83 bits per heavy atom. The van der Waals surface area contributed by atoms with Gasteiger partial charge >= 0.3 is 0 Å². The third-order valence-corrected chi connectivity index (χ3v) is 5.60. The van der Waals surface area contributed by atoms with Gasteiger partial charge in [-0.3, -0.25) is 4.79 Å². The van der Waals surface area contributed by atoms with Crippen molar-refractivity contribution in [3.05, 3.63) is 58.9 Å². The zero-order chi connectivity index (χ0) is 20.5. The van der Waals surface area contributed by atoms with Crippen molar-refractivity contribution in [2.75, 3.05) is 20.2 Å². The van der Waals surface area contributed by atoms with E-state index in [2.05, 4.69) is 12.1 Å². The zero-order valence-electron chi connectivity index (χ0n) is 16.4. The summed E-state index contributed by atoms with van der Waals surface area (Å²) in [5.41, 5.74) is 5.34. The molecule has 0 aliphatic carbocycles. The number of carbonyl (C=O) groups is 1. The number of aliphatic hydroxyl groups excluding tert-OH is 1. The lowest BCUT2D eigenvalue weighted by Gasteiger charge is -2.25. The third-order valence-electron chi connectivity index (χ3n) is 5.31. The predicted molar refractivity (Wildman–Crippen MR) is 113 cm³/mol. The monoisotopic (exact) mass is 411 g/mol. The molecule has 1 aliphatic heterocycles. The molecule has 4 rings (SSSR count). The average molecular weight is 412 g/mol. The van der Waals surface area contributed by atoms with E-state index in [-0.39, 0.29) is 12.5 Å². The van der Waals surface area contributed by atoms with E-state index >= 15 is 0 Å². The van der Waals surface area contributed by atoms with Gasteiger partial charge in [0, 0.05) is 38.0 Å². The Kier molecular flexibility index (Phi) is 5.30. The van der Waals surface area contributed by atoms with Crippen LogP contribution in [0.15, 0.2) is 42.7 Å². The van der Waals surface area contributed by atoms with Gasteiger partial charge in [-0.1, -0.05) is 17.7 Å². The number of rotatable bonds is 4. The van der Waals surface area contributed by atoms with Gasteiger partial charge < -0.3 is 19.1 Å². The number of aliphatic hydroxyl groups is 1. The molecule has 29 heavy (non-hydrogen) atoms. The van der Waals surface area contributed by atoms with E-state index in [4.69, 9.17) is 21.3 Å². The van der Waals surface area contributed by atoms with Crippen molar-refractivity contribution in [3.63, 3.8) is 0 Å². The minimum Gasteiger partial charge on any atom is -0.495 e. The van der Waals surface area contributed by atoms with Crippen molar-refractivity contribution in [1.29, 1.82) is 0 Å². The Morgan fingerprint density at radius 2 is 2.17 bits per heavy atom. The summed E-state index contributed by atoms with van der Waals surface area (Å²) in [6.07, 6.45) is 6.83. The van der Waals surface area contributed by atoms with E-state index in [9.17, 15) is 9.90 Å². The standard InChI is InChI=1S/C22H22ClN3O3/c1-14(28)25-6-3-15(4-7-25)16-5-8-26-12-20(24-22(26)10-16)18-11-19(23)21(29-2)9-17(18)13-27/h3,5,8-12,27H,4,6-7,13H2,1-2H3. The van der Waals surface area contributed by atoms with E-state index in [0.717, 1.165) is 35.4 Å². The number of hydrogen-bond donors (Lipinski definition) is 1. The summed E-state index contributed by atoms with van der Waals surface area (Å²) in [5.74, 6) is 0.626. The quantitative estimate of drug-likeness (QED) is 0.709. The zero-order valence-corrected chi connectivity index (χ0v) is 17.1. The van der Waals surface area contributed by atoms with E-state index in [0.29, 0.717) is 22.9 Å². The maximum Gasteiger partial charge on any atom is 0.219 e. The number of hydrogen-bond acceptors (Lipinski definition) is 4. The minimum atomic E-state index is -0.137. The summed E-state index contributed by atoms with van der Waals surface area (Å²) in [7, 11) is 1.55. The predicted octanol–water partition coefficient (Wildman–Crippen LogP) is 3.79. The van der Waals surface area contributed by atoms with Gasteiger partial charge in [-0.25, -0.2) is 4.98 Å². The molecule has 150 valence electrons. The lowest BCUT2D eigenvalue weighted by atomic mass is 10.0. The maximum atomic E-state index is 11.5. The first-order chi connectivity index (χ1) is 14.0. The molecular weight excluding hydrogens is 390 g/mol. The molecule has 3 heterocycles. The van der Waals surface area contributed by atoms with Crippen molar-refractivity contribution in [1.82, 2.24) is 14.3 Å². The van der Waals surface area contributed by atoms with Crippen LogP contribution in [0.3, 0.4) is 0 Å². The molecule has 1 N–H and O–H groups in total. The lowest BCUT2D eigenvalue weighted by molar-refractivity contribution is -0.128. The summed E-state index contributed by atoms with van der Waals surface area (Å²) in [6.45, 7) is 2.83. The number of imidazole rings is 1. The Hall–Kier alpha value is -2.83. The molecule has 0 saturated heterocycles. The van der Waals surface area contributed by atoms with Crippen LogP contribution in [-0.2, 0) is 11.4 Å². The molecule has 2 aromatic heterocycles. The van der Waals surface area contributed by atoms with Gasteiger partial charge in [-0.05, 0) is 47.4 Å². The van der Waals surface area contributed by atoms with Crippen LogP contribution in [0.1, 0.15) is 24.5 Å². The third kappa shape index (κ3) is 3.73. The number of methoxy groups -OCH3 is 1. The smallest absolute Gasteiger partial charge is 0.219 e. The van der Waals surface area contributed by atoms with E-state index in [1.807, 2.05) is 27.8 Å². The van der Waals surface area contributed by atoms with Gasteiger partial charge in [0.1, 0.15) is 11.4 Å². The summed E-state index contributed by atoms with van der Waals surface area (Å²) in [5, 5.41) is 10.2. The molecule has 1 aliphatic rings. The SMILES string of the molecule is COc1cc(CO)c(-c2cn3ccc(C4=CCN(C(C)=O)CC4)cc3n2)cc1Cl. The van der Waals surface area contributed by atoms with E-state index in [1.165, 1.54) is 5.57 Å². The molecule has 7 heteroatoms. The Morgan fingerprint density at radius 1 is 1.34 bits per heavy atom.